The highest BCUT2D eigenvalue weighted by Crippen LogP contribution is 2.35. The third-order valence-corrected chi connectivity index (χ3v) is 9.31. The van der Waals surface area contributed by atoms with Crippen molar-refractivity contribution in [3.05, 3.63) is 47.1 Å². The summed E-state index contributed by atoms with van der Waals surface area (Å²) in [6.45, 7) is 4.34. The Morgan fingerprint density at radius 3 is 2.50 bits per heavy atom. The first-order valence-corrected chi connectivity index (χ1v) is 12.0. The van der Waals surface area contributed by atoms with Crippen molar-refractivity contribution in [2.24, 2.45) is 0 Å². The molecule has 1 atom stereocenters. The maximum Gasteiger partial charge on any atom is 0.191 e. The molecule has 4 rings (SSSR count). The molecular formula is C20H23FN2O3S2. The molecule has 1 aromatic heterocycles. The molecule has 28 heavy (non-hydrogen) atoms. The van der Waals surface area contributed by atoms with Gasteiger partial charge in [0.1, 0.15) is 10.0 Å². The SMILES string of the molecule is O=C1CC(CCCN2CCN(c3ccc(F)cc3)CC2)S(=O)(=O)c2sccc21. The van der Waals surface area contributed by atoms with Gasteiger partial charge in [0.05, 0.1) is 5.25 Å². The van der Waals surface area contributed by atoms with Crippen LogP contribution in [0.4, 0.5) is 10.1 Å². The molecular weight excluding hydrogens is 399 g/mol. The Morgan fingerprint density at radius 1 is 1.07 bits per heavy atom. The van der Waals surface area contributed by atoms with E-state index in [-0.39, 0.29) is 22.2 Å². The van der Waals surface area contributed by atoms with Gasteiger partial charge in [-0.1, -0.05) is 0 Å². The molecule has 1 aromatic carbocycles. The van der Waals surface area contributed by atoms with E-state index < -0.39 is 15.1 Å². The Kier molecular flexibility index (Phi) is 5.53. The monoisotopic (exact) mass is 422 g/mol. The first-order chi connectivity index (χ1) is 13.4. The zero-order chi connectivity index (χ0) is 19.7. The minimum atomic E-state index is -3.38. The highest BCUT2D eigenvalue weighted by atomic mass is 32.2. The summed E-state index contributed by atoms with van der Waals surface area (Å²) in [5.41, 5.74) is 1.40. The number of rotatable bonds is 5. The van der Waals surface area contributed by atoms with E-state index >= 15 is 0 Å². The molecule has 2 aliphatic heterocycles. The highest BCUT2D eigenvalue weighted by molar-refractivity contribution is 7.94. The lowest BCUT2D eigenvalue weighted by atomic mass is 10.1. The number of sulfone groups is 1. The largest absolute Gasteiger partial charge is 0.369 e. The minimum Gasteiger partial charge on any atom is -0.369 e. The van der Waals surface area contributed by atoms with Crippen LogP contribution in [-0.2, 0) is 9.84 Å². The first-order valence-electron chi connectivity index (χ1n) is 9.52. The van der Waals surface area contributed by atoms with Crippen LogP contribution < -0.4 is 4.90 Å². The van der Waals surface area contributed by atoms with Gasteiger partial charge < -0.3 is 4.90 Å². The lowest BCUT2D eigenvalue weighted by Gasteiger charge is -2.36. The number of fused-ring (bicyclic) bond motifs is 1. The normalized spacial score (nSPS) is 22.2. The van der Waals surface area contributed by atoms with Crippen LogP contribution >= 0.6 is 11.3 Å². The van der Waals surface area contributed by atoms with Crippen LogP contribution in [0.15, 0.2) is 39.9 Å². The Bertz CT molecular complexity index is 948. The van der Waals surface area contributed by atoms with Crippen molar-refractivity contribution >= 4 is 32.6 Å². The average molecular weight is 423 g/mol. The van der Waals surface area contributed by atoms with E-state index in [4.69, 9.17) is 0 Å². The van der Waals surface area contributed by atoms with Crippen molar-refractivity contribution in [2.45, 2.75) is 28.7 Å². The van der Waals surface area contributed by atoms with E-state index in [2.05, 4.69) is 9.80 Å². The second kappa shape index (κ2) is 7.93. The van der Waals surface area contributed by atoms with Gasteiger partial charge >= 0.3 is 0 Å². The number of benzene rings is 1. The second-order valence-electron chi connectivity index (χ2n) is 7.36. The van der Waals surface area contributed by atoms with E-state index in [1.807, 2.05) is 0 Å². The Morgan fingerprint density at radius 2 is 1.79 bits per heavy atom. The summed E-state index contributed by atoms with van der Waals surface area (Å²) in [4.78, 5) is 16.8. The molecule has 1 unspecified atom stereocenters. The summed E-state index contributed by atoms with van der Waals surface area (Å²) in [6, 6.07) is 8.18. The van der Waals surface area contributed by atoms with Gasteiger partial charge in [-0.25, -0.2) is 12.8 Å². The standard InChI is InChI=1S/C20H23FN2O3S2/c21-15-3-5-16(6-4-15)23-11-9-22(10-12-23)8-1-2-17-14-19(24)18-7-13-27-20(18)28(17,25)26/h3-7,13,17H,1-2,8-12,14H2. The molecule has 3 heterocycles. The Hall–Kier alpha value is -1.77. The molecule has 0 N–H and O–H groups in total. The number of ketones is 1. The van der Waals surface area contributed by atoms with E-state index in [0.717, 1.165) is 56.2 Å². The van der Waals surface area contributed by atoms with Crippen molar-refractivity contribution in [3.8, 4) is 0 Å². The van der Waals surface area contributed by atoms with Gasteiger partial charge in [0.2, 0.25) is 0 Å². The van der Waals surface area contributed by atoms with Crippen molar-refractivity contribution in [3.63, 3.8) is 0 Å². The third-order valence-electron chi connectivity index (χ3n) is 5.60. The number of piperazine rings is 1. The van der Waals surface area contributed by atoms with Gasteiger partial charge in [-0.05, 0) is 55.1 Å². The number of halogens is 1. The molecule has 0 spiro atoms. The highest BCUT2D eigenvalue weighted by Gasteiger charge is 2.38. The maximum atomic E-state index is 13.1. The number of carbonyl (C=O) groups is 1. The lowest BCUT2D eigenvalue weighted by Crippen LogP contribution is -2.46. The number of anilines is 1. The van der Waals surface area contributed by atoms with Gasteiger partial charge in [-0.3, -0.25) is 9.69 Å². The minimum absolute atomic E-state index is 0.0519. The summed E-state index contributed by atoms with van der Waals surface area (Å²) in [7, 11) is -3.38. The number of hydrogen-bond acceptors (Lipinski definition) is 6. The quantitative estimate of drug-likeness (QED) is 0.741. The van der Waals surface area contributed by atoms with Gasteiger partial charge in [0.25, 0.3) is 0 Å². The second-order valence-corrected chi connectivity index (χ2v) is 10.7. The predicted molar refractivity (Wildman–Crippen MR) is 109 cm³/mol. The van der Waals surface area contributed by atoms with Crippen LogP contribution in [-0.4, -0.2) is 57.1 Å². The smallest absolute Gasteiger partial charge is 0.191 e. The molecule has 0 saturated carbocycles. The molecule has 2 aliphatic rings. The molecule has 1 fully saturated rings. The third kappa shape index (κ3) is 3.86. The van der Waals surface area contributed by atoms with E-state index in [0.29, 0.717) is 12.0 Å². The van der Waals surface area contributed by atoms with Gasteiger partial charge in [0, 0.05) is 43.9 Å². The first kappa shape index (κ1) is 19.5. The topological polar surface area (TPSA) is 57.7 Å². The summed E-state index contributed by atoms with van der Waals surface area (Å²) in [6.07, 6.45) is 1.38. The maximum absolute atomic E-state index is 13.1. The van der Waals surface area contributed by atoms with Crippen molar-refractivity contribution < 1.29 is 17.6 Å². The van der Waals surface area contributed by atoms with Gasteiger partial charge in [0.15, 0.2) is 15.6 Å². The zero-order valence-electron chi connectivity index (χ0n) is 15.5. The fourth-order valence-electron chi connectivity index (χ4n) is 3.98. The van der Waals surface area contributed by atoms with Crippen LogP contribution in [0.3, 0.4) is 0 Å². The molecule has 0 aliphatic carbocycles. The van der Waals surface area contributed by atoms with Crippen molar-refractivity contribution in [1.82, 2.24) is 4.90 Å². The zero-order valence-corrected chi connectivity index (χ0v) is 17.1. The summed E-state index contributed by atoms with van der Waals surface area (Å²) in [5.74, 6) is -0.280. The Labute approximate surface area is 168 Å². The Balaban J connectivity index is 1.27. The number of thiophene rings is 1. The van der Waals surface area contributed by atoms with Crippen molar-refractivity contribution in [1.29, 1.82) is 0 Å². The number of Topliss-reactive ketones (excluding diaryl/α,β-unsaturated/α-hetero) is 1. The molecule has 150 valence electrons. The van der Waals surface area contributed by atoms with E-state index in [9.17, 15) is 17.6 Å². The lowest BCUT2D eigenvalue weighted by molar-refractivity contribution is 0.0973. The summed E-state index contributed by atoms with van der Waals surface area (Å²) in [5, 5.41) is 1.09. The molecule has 5 nitrogen and oxygen atoms in total. The van der Waals surface area contributed by atoms with Crippen LogP contribution in [0.5, 0.6) is 0 Å². The molecule has 1 saturated heterocycles. The average Bonchev–Trinajstić information content (AvgIpc) is 3.19. The molecule has 8 heteroatoms. The van der Waals surface area contributed by atoms with Crippen LogP contribution in [0, 0.1) is 5.82 Å². The molecule has 0 amide bonds. The van der Waals surface area contributed by atoms with E-state index in [1.54, 1.807) is 23.6 Å². The number of hydrogen-bond donors (Lipinski definition) is 0. The van der Waals surface area contributed by atoms with Crippen LogP contribution in [0.1, 0.15) is 29.6 Å². The van der Waals surface area contributed by atoms with Crippen LogP contribution in [0.25, 0.3) is 0 Å². The van der Waals surface area contributed by atoms with Gasteiger partial charge in [-0.2, -0.15) is 0 Å². The van der Waals surface area contributed by atoms with E-state index in [1.165, 1.54) is 12.1 Å². The van der Waals surface area contributed by atoms with Crippen LogP contribution in [0.2, 0.25) is 0 Å². The molecule has 0 radical (unpaired) electrons. The molecule has 2 aromatic rings. The summed E-state index contributed by atoms with van der Waals surface area (Å²) >= 11 is 1.15. The fourth-order valence-corrected chi connectivity index (χ4v) is 7.37. The molecule has 0 bridgehead atoms. The van der Waals surface area contributed by atoms with Crippen molar-refractivity contribution in [2.75, 3.05) is 37.6 Å². The number of carbonyl (C=O) groups excluding carboxylic acids is 1. The fraction of sp³-hybridized carbons (Fsp3) is 0.450. The van der Waals surface area contributed by atoms with Gasteiger partial charge in [-0.15, -0.1) is 11.3 Å². The predicted octanol–water partition coefficient (Wildman–Crippen LogP) is 3.22. The summed E-state index contributed by atoms with van der Waals surface area (Å²) < 4.78 is 38.8. The number of nitrogens with zero attached hydrogens (tertiary/aromatic N) is 2.